The maximum Gasteiger partial charge on any atom is 0.282 e. The van der Waals surface area contributed by atoms with E-state index in [-0.39, 0.29) is 23.0 Å². The maximum absolute atomic E-state index is 12.4. The Bertz CT molecular complexity index is 514. The molecule has 0 saturated heterocycles. The van der Waals surface area contributed by atoms with Crippen molar-refractivity contribution < 1.29 is 14.8 Å². The Morgan fingerprint density at radius 3 is 2.50 bits per heavy atom. The fourth-order valence-electron chi connectivity index (χ4n) is 2.09. The predicted octanol–water partition coefficient (Wildman–Crippen LogP) is 2.81. The van der Waals surface area contributed by atoms with Crippen LogP contribution in [-0.2, 0) is 0 Å². The molecule has 0 aromatic heterocycles. The summed E-state index contributed by atoms with van der Waals surface area (Å²) in [4.78, 5) is 24.2. The van der Waals surface area contributed by atoms with Gasteiger partial charge in [0.05, 0.1) is 4.92 Å². The lowest BCUT2D eigenvalue weighted by Gasteiger charge is -2.26. The van der Waals surface area contributed by atoms with Gasteiger partial charge in [-0.25, -0.2) is 0 Å². The van der Waals surface area contributed by atoms with Crippen LogP contribution in [0.2, 0.25) is 0 Å². The Hall–Kier alpha value is -2.11. The van der Waals surface area contributed by atoms with Crippen molar-refractivity contribution in [2.75, 3.05) is 7.05 Å². The first-order valence-corrected chi connectivity index (χ1v) is 6.48. The summed E-state index contributed by atoms with van der Waals surface area (Å²) in [6, 6.07) is 3.44. The quantitative estimate of drug-likeness (QED) is 0.664. The minimum absolute atomic E-state index is 0.0375. The number of rotatable bonds is 5. The maximum atomic E-state index is 12.4. The second kappa shape index (κ2) is 6.36. The Morgan fingerprint density at radius 1 is 1.40 bits per heavy atom. The minimum atomic E-state index is -0.617. The van der Waals surface area contributed by atoms with Crippen molar-refractivity contribution in [1.29, 1.82) is 0 Å². The van der Waals surface area contributed by atoms with Crippen LogP contribution in [0.25, 0.3) is 0 Å². The molecule has 0 aliphatic heterocycles. The molecule has 1 rings (SSSR count). The van der Waals surface area contributed by atoms with Crippen LogP contribution in [-0.4, -0.2) is 33.9 Å². The highest BCUT2D eigenvalue weighted by atomic mass is 16.6. The number of amides is 1. The summed E-state index contributed by atoms with van der Waals surface area (Å²) in [6.07, 6.45) is 0.800. The Morgan fingerprint density at radius 2 is 2.00 bits per heavy atom. The zero-order chi connectivity index (χ0) is 15.4. The molecule has 0 saturated carbocycles. The first-order chi connectivity index (χ1) is 9.23. The third-order valence-corrected chi connectivity index (χ3v) is 3.20. The lowest BCUT2D eigenvalue weighted by molar-refractivity contribution is -0.385. The number of phenolic OH excluding ortho intramolecular Hbond substituents is 1. The summed E-state index contributed by atoms with van der Waals surface area (Å²) in [5.41, 5.74) is -0.385. The van der Waals surface area contributed by atoms with Crippen molar-refractivity contribution in [1.82, 2.24) is 4.90 Å². The number of carbonyl (C=O) groups is 1. The monoisotopic (exact) mass is 280 g/mol. The fourth-order valence-corrected chi connectivity index (χ4v) is 2.09. The van der Waals surface area contributed by atoms with Crippen LogP contribution in [0, 0.1) is 16.0 Å². The topological polar surface area (TPSA) is 83.7 Å². The van der Waals surface area contributed by atoms with Gasteiger partial charge in [-0.3, -0.25) is 14.9 Å². The van der Waals surface area contributed by atoms with Gasteiger partial charge in [0.25, 0.3) is 11.6 Å². The van der Waals surface area contributed by atoms with Gasteiger partial charge in [0, 0.05) is 19.2 Å². The van der Waals surface area contributed by atoms with E-state index in [4.69, 9.17) is 0 Å². The van der Waals surface area contributed by atoms with Crippen molar-refractivity contribution >= 4 is 11.6 Å². The van der Waals surface area contributed by atoms with E-state index in [1.165, 1.54) is 11.0 Å². The van der Waals surface area contributed by atoms with Gasteiger partial charge in [-0.2, -0.15) is 0 Å². The normalized spacial score (nSPS) is 12.2. The van der Waals surface area contributed by atoms with Crippen molar-refractivity contribution in [3.8, 4) is 5.75 Å². The van der Waals surface area contributed by atoms with Crippen molar-refractivity contribution in [3.63, 3.8) is 0 Å². The van der Waals surface area contributed by atoms with Crippen LogP contribution in [0.15, 0.2) is 18.2 Å². The highest BCUT2D eigenvalue weighted by Gasteiger charge is 2.26. The van der Waals surface area contributed by atoms with Gasteiger partial charge < -0.3 is 10.0 Å². The second-order valence-electron chi connectivity index (χ2n) is 5.35. The molecule has 110 valence electrons. The highest BCUT2D eigenvalue weighted by molar-refractivity contribution is 5.98. The summed E-state index contributed by atoms with van der Waals surface area (Å²) in [7, 11) is 1.61. The standard InChI is InChI=1S/C14H20N2O4/c1-9(2)7-10(3)15(4)14(18)12-8-11(17)5-6-13(12)16(19)20/h5-6,8-10,17H,7H2,1-4H3. The average molecular weight is 280 g/mol. The van der Waals surface area contributed by atoms with Crippen LogP contribution in [0.1, 0.15) is 37.6 Å². The molecule has 1 atom stereocenters. The summed E-state index contributed by atoms with van der Waals surface area (Å²) < 4.78 is 0. The van der Waals surface area contributed by atoms with Crippen molar-refractivity contribution in [2.24, 2.45) is 5.92 Å². The highest BCUT2D eigenvalue weighted by Crippen LogP contribution is 2.25. The molecule has 1 aromatic carbocycles. The molecule has 0 spiro atoms. The minimum Gasteiger partial charge on any atom is -0.508 e. The van der Waals surface area contributed by atoms with Crippen LogP contribution in [0.3, 0.4) is 0 Å². The third kappa shape index (κ3) is 3.69. The van der Waals surface area contributed by atoms with Crippen LogP contribution in [0.5, 0.6) is 5.75 Å². The van der Waals surface area contributed by atoms with Crippen LogP contribution < -0.4 is 0 Å². The number of nitrogens with zero attached hydrogens (tertiary/aromatic N) is 2. The lowest BCUT2D eigenvalue weighted by atomic mass is 10.0. The van der Waals surface area contributed by atoms with Gasteiger partial charge >= 0.3 is 0 Å². The van der Waals surface area contributed by atoms with Gasteiger partial charge in [0.15, 0.2) is 0 Å². The van der Waals surface area contributed by atoms with Crippen molar-refractivity contribution in [2.45, 2.75) is 33.2 Å². The van der Waals surface area contributed by atoms with E-state index >= 15 is 0 Å². The summed E-state index contributed by atoms with van der Waals surface area (Å²) in [6.45, 7) is 5.99. The molecule has 20 heavy (non-hydrogen) atoms. The lowest BCUT2D eigenvalue weighted by Crippen LogP contribution is -2.36. The number of nitro benzene ring substituents is 1. The van der Waals surface area contributed by atoms with Gasteiger partial charge in [-0.1, -0.05) is 13.8 Å². The fraction of sp³-hybridized carbons (Fsp3) is 0.500. The molecule has 1 unspecified atom stereocenters. The number of carbonyl (C=O) groups excluding carboxylic acids is 1. The predicted molar refractivity (Wildman–Crippen MR) is 75.8 cm³/mol. The molecule has 0 aliphatic carbocycles. The zero-order valence-corrected chi connectivity index (χ0v) is 12.2. The van der Waals surface area contributed by atoms with Crippen LogP contribution >= 0.6 is 0 Å². The molecule has 6 heteroatoms. The van der Waals surface area contributed by atoms with Gasteiger partial charge in [-0.15, -0.1) is 0 Å². The second-order valence-corrected chi connectivity index (χ2v) is 5.35. The van der Waals surface area contributed by atoms with E-state index in [0.29, 0.717) is 5.92 Å². The third-order valence-electron chi connectivity index (χ3n) is 3.20. The largest absolute Gasteiger partial charge is 0.508 e. The van der Waals surface area contributed by atoms with E-state index in [1.807, 2.05) is 20.8 Å². The molecule has 1 N–H and O–H groups in total. The molecule has 0 radical (unpaired) electrons. The van der Waals surface area contributed by atoms with E-state index in [1.54, 1.807) is 7.05 Å². The van der Waals surface area contributed by atoms with Gasteiger partial charge in [-0.05, 0) is 31.4 Å². The van der Waals surface area contributed by atoms with Crippen molar-refractivity contribution in [3.05, 3.63) is 33.9 Å². The number of hydrogen-bond acceptors (Lipinski definition) is 4. The molecule has 0 bridgehead atoms. The summed E-state index contributed by atoms with van der Waals surface area (Å²) >= 11 is 0. The molecular weight excluding hydrogens is 260 g/mol. The number of hydrogen-bond donors (Lipinski definition) is 1. The summed E-state index contributed by atoms with van der Waals surface area (Å²) in [5.74, 6) is -0.205. The van der Waals surface area contributed by atoms with E-state index in [2.05, 4.69) is 0 Å². The Kier molecular flexibility index (Phi) is 5.07. The number of aromatic hydroxyl groups is 1. The number of nitro groups is 1. The molecule has 0 aliphatic rings. The van der Waals surface area contributed by atoms with E-state index in [0.717, 1.165) is 18.6 Å². The average Bonchev–Trinajstić information content (AvgIpc) is 2.35. The Balaban J connectivity index is 3.07. The molecule has 1 amide bonds. The van der Waals surface area contributed by atoms with E-state index < -0.39 is 10.8 Å². The Labute approximate surface area is 118 Å². The SMILES string of the molecule is CC(C)CC(C)N(C)C(=O)c1cc(O)ccc1[N+](=O)[O-]. The van der Waals surface area contributed by atoms with Gasteiger partial charge in [0.1, 0.15) is 11.3 Å². The smallest absolute Gasteiger partial charge is 0.282 e. The number of phenols is 1. The molecule has 0 heterocycles. The number of benzene rings is 1. The first kappa shape index (κ1) is 15.9. The molecule has 0 fully saturated rings. The molecule has 6 nitrogen and oxygen atoms in total. The van der Waals surface area contributed by atoms with Crippen LogP contribution in [0.4, 0.5) is 5.69 Å². The molecular formula is C14H20N2O4. The zero-order valence-electron chi connectivity index (χ0n) is 12.2. The first-order valence-electron chi connectivity index (χ1n) is 6.48. The van der Waals surface area contributed by atoms with E-state index in [9.17, 15) is 20.0 Å². The molecule has 1 aromatic rings. The summed E-state index contributed by atoms with van der Waals surface area (Å²) in [5, 5.41) is 20.4. The van der Waals surface area contributed by atoms with Gasteiger partial charge in [0.2, 0.25) is 0 Å².